The molecule has 168 valence electrons. The molecule has 2 aromatic rings. The molecule has 1 unspecified atom stereocenters. The van der Waals surface area contributed by atoms with Gasteiger partial charge in [-0.3, -0.25) is 0 Å². The molecule has 4 nitrogen and oxygen atoms in total. The van der Waals surface area contributed by atoms with Gasteiger partial charge >= 0.3 is 0 Å². The molecule has 1 atom stereocenters. The molecule has 1 saturated heterocycles. The van der Waals surface area contributed by atoms with Gasteiger partial charge in [0.1, 0.15) is 5.82 Å². The van der Waals surface area contributed by atoms with Crippen LogP contribution in [0.3, 0.4) is 0 Å². The zero-order chi connectivity index (χ0) is 22.8. The molecule has 0 radical (unpaired) electrons. The molecule has 7 heteroatoms. The topological polar surface area (TPSA) is 50.1 Å². The molecule has 0 bridgehead atoms. The summed E-state index contributed by atoms with van der Waals surface area (Å²) in [5.41, 5.74) is 1.76. The van der Waals surface area contributed by atoms with Crippen LogP contribution in [-0.4, -0.2) is 27.3 Å². The molecule has 0 aliphatic carbocycles. The van der Waals surface area contributed by atoms with Crippen LogP contribution in [0, 0.1) is 5.92 Å². The Morgan fingerprint density at radius 2 is 2.00 bits per heavy atom. The summed E-state index contributed by atoms with van der Waals surface area (Å²) < 4.78 is 21.2. The van der Waals surface area contributed by atoms with Gasteiger partial charge in [0.15, 0.2) is 9.80 Å². The summed E-state index contributed by atoms with van der Waals surface area (Å²) in [5, 5.41) is 0.630. The lowest BCUT2D eigenvalue weighted by molar-refractivity contribution is 0.0611. The Hall–Kier alpha value is -1.24. The van der Waals surface area contributed by atoms with Crippen molar-refractivity contribution in [2.45, 2.75) is 57.4 Å². The van der Waals surface area contributed by atoms with Crippen LogP contribution in [0.25, 0.3) is 11.0 Å². The molecule has 31 heavy (non-hydrogen) atoms. The Labute approximate surface area is 198 Å². The van der Waals surface area contributed by atoms with E-state index in [1.165, 1.54) is 6.08 Å². The molecule has 0 amide bonds. The zero-order valence-electron chi connectivity index (χ0n) is 18.6. The van der Waals surface area contributed by atoms with Gasteiger partial charge in [0.2, 0.25) is 0 Å². The van der Waals surface area contributed by atoms with Crippen LogP contribution in [0.2, 0.25) is 0 Å². The summed E-state index contributed by atoms with van der Waals surface area (Å²) in [6.45, 7) is 14.5. The predicted octanol–water partition coefficient (Wildman–Crippen LogP) is 6.65. The van der Waals surface area contributed by atoms with E-state index in [0.29, 0.717) is 20.8 Å². The second-order valence-electron chi connectivity index (χ2n) is 8.79. The highest BCUT2D eigenvalue weighted by atomic mass is 35.5. The summed E-state index contributed by atoms with van der Waals surface area (Å²) in [6, 6.07) is 5.77. The van der Waals surface area contributed by atoms with Crippen molar-refractivity contribution in [1.29, 1.82) is 0 Å². The second-order valence-corrected chi connectivity index (χ2v) is 11.0. The van der Waals surface area contributed by atoms with Crippen molar-refractivity contribution in [3.8, 4) is 0 Å². The van der Waals surface area contributed by atoms with Crippen LogP contribution >= 0.6 is 23.2 Å². The van der Waals surface area contributed by atoms with Crippen molar-refractivity contribution < 1.29 is 9.29 Å². The Morgan fingerprint density at radius 1 is 1.32 bits per heavy atom. The largest absolute Gasteiger partial charge is 0.606 e. The van der Waals surface area contributed by atoms with Crippen molar-refractivity contribution in [1.82, 2.24) is 9.55 Å². The highest BCUT2D eigenvalue weighted by Crippen LogP contribution is 2.35. The number of halogens is 2. The number of fused-ring (bicyclic) bond motifs is 1. The van der Waals surface area contributed by atoms with Crippen molar-refractivity contribution in [3.05, 3.63) is 57.7 Å². The lowest BCUT2D eigenvalue weighted by Gasteiger charge is -2.26. The van der Waals surface area contributed by atoms with E-state index >= 15 is 0 Å². The van der Waals surface area contributed by atoms with Crippen LogP contribution < -0.4 is 0 Å². The Kier molecular flexibility index (Phi) is 7.98. The van der Waals surface area contributed by atoms with Crippen molar-refractivity contribution >= 4 is 45.4 Å². The first-order valence-corrected chi connectivity index (χ1v) is 12.4. The maximum absolute atomic E-state index is 13.3. The highest BCUT2D eigenvalue weighted by Gasteiger charge is 2.28. The van der Waals surface area contributed by atoms with E-state index in [9.17, 15) is 4.55 Å². The van der Waals surface area contributed by atoms with Gasteiger partial charge in [-0.15, -0.1) is 0 Å². The molecule has 1 fully saturated rings. The molecule has 1 aliphatic heterocycles. The van der Waals surface area contributed by atoms with Gasteiger partial charge < -0.3 is 13.9 Å². The molecule has 0 saturated carbocycles. The van der Waals surface area contributed by atoms with Gasteiger partial charge in [-0.2, -0.15) is 0 Å². The summed E-state index contributed by atoms with van der Waals surface area (Å²) in [5.74, 6) is 1.60. The zero-order valence-corrected chi connectivity index (χ0v) is 20.9. The number of benzene rings is 1. The SMILES string of the molecule is C=C/C(Cl)=C(\C(Cl)=C/C)[S+]([O-])c1ccc2c(c1)nc(C(C)(C)C)n2CC1CCOCC1. The van der Waals surface area contributed by atoms with Gasteiger partial charge in [-0.25, -0.2) is 4.98 Å². The number of ether oxygens (including phenoxy) is 1. The second kappa shape index (κ2) is 10.1. The number of rotatable bonds is 6. The minimum Gasteiger partial charge on any atom is -0.606 e. The predicted molar refractivity (Wildman–Crippen MR) is 131 cm³/mol. The Bertz CT molecular complexity index is 1010. The quantitative estimate of drug-likeness (QED) is 0.343. The van der Waals surface area contributed by atoms with Gasteiger partial charge in [0.05, 0.1) is 21.1 Å². The molecule has 0 N–H and O–H groups in total. The highest BCUT2D eigenvalue weighted by molar-refractivity contribution is 7.95. The number of aromatic nitrogens is 2. The van der Waals surface area contributed by atoms with E-state index in [1.54, 1.807) is 13.0 Å². The smallest absolute Gasteiger partial charge is 0.195 e. The minimum atomic E-state index is -1.55. The maximum atomic E-state index is 13.3. The average Bonchev–Trinajstić information content (AvgIpc) is 3.12. The molecule has 2 heterocycles. The molecule has 0 spiro atoms. The first-order valence-electron chi connectivity index (χ1n) is 10.5. The third kappa shape index (κ3) is 5.40. The summed E-state index contributed by atoms with van der Waals surface area (Å²) >= 11 is 11.0. The Morgan fingerprint density at radius 3 is 2.58 bits per heavy atom. The fourth-order valence-corrected chi connectivity index (χ4v) is 5.68. The van der Waals surface area contributed by atoms with Gasteiger partial charge in [0, 0.05) is 42.4 Å². The summed E-state index contributed by atoms with van der Waals surface area (Å²) in [7, 11) is 0. The average molecular weight is 481 g/mol. The number of allylic oxidation sites excluding steroid dienone is 4. The van der Waals surface area contributed by atoms with Crippen LogP contribution in [0.4, 0.5) is 0 Å². The summed E-state index contributed by atoms with van der Waals surface area (Å²) in [6.07, 6.45) is 5.25. The molecular formula is C24H30Cl2N2O2S. The first kappa shape index (κ1) is 24.4. The van der Waals surface area contributed by atoms with Crippen molar-refractivity contribution in [2.75, 3.05) is 13.2 Å². The lowest BCUT2D eigenvalue weighted by atomic mass is 9.94. The normalized spacial score (nSPS) is 18.2. The van der Waals surface area contributed by atoms with Crippen LogP contribution in [0.15, 0.2) is 56.8 Å². The van der Waals surface area contributed by atoms with E-state index in [1.807, 2.05) is 18.2 Å². The van der Waals surface area contributed by atoms with Crippen LogP contribution in [-0.2, 0) is 27.9 Å². The molecular weight excluding hydrogens is 451 g/mol. The molecule has 1 aromatic heterocycles. The maximum Gasteiger partial charge on any atom is 0.195 e. The number of hydrogen-bond donors (Lipinski definition) is 0. The number of nitrogens with zero attached hydrogens (tertiary/aromatic N) is 2. The van der Waals surface area contributed by atoms with Crippen molar-refractivity contribution in [3.63, 3.8) is 0 Å². The van der Waals surface area contributed by atoms with Gasteiger partial charge in [-0.05, 0) is 43.9 Å². The standard InChI is InChI=1S/C24H30Cl2N2O2S/c1-6-18(25)22(19(26)7-2)31(29)17-8-9-21-20(14-17)27-23(24(3,4)5)28(21)15-16-10-12-30-13-11-16/h6-9,14,16H,1,10-13,15H2,2-5H3/b19-7+,22-18-. The van der Waals surface area contributed by atoms with Crippen LogP contribution in [0.1, 0.15) is 46.4 Å². The lowest BCUT2D eigenvalue weighted by Crippen LogP contribution is -2.25. The fourth-order valence-electron chi connectivity index (χ4n) is 3.80. The van der Waals surface area contributed by atoms with Crippen molar-refractivity contribution in [2.24, 2.45) is 5.92 Å². The third-order valence-corrected chi connectivity index (χ3v) is 7.91. The molecule has 1 aliphatic rings. The third-order valence-electron chi connectivity index (χ3n) is 5.44. The minimum absolute atomic E-state index is 0.116. The monoisotopic (exact) mass is 480 g/mol. The van der Waals surface area contributed by atoms with E-state index in [0.717, 1.165) is 49.5 Å². The molecule has 1 aromatic carbocycles. The number of imidazole rings is 1. The van der Waals surface area contributed by atoms with Crippen LogP contribution in [0.5, 0.6) is 0 Å². The fraction of sp³-hybridized carbons (Fsp3) is 0.458. The summed E-state index contributed by atoms with van der Waals surface area (Å²) in [4.78, 5) is 5.93. The first-order chi connectivity index (χ1) is 14.7. The van der Waals surface area contributed by atoms with E-state index in [4.69, 9.17) is 32.9 Å². The van der Waals surface area contributed by atoms with E-state index in [-0.39, 0.29) is 10.4 Å². The Balaban J connectivity index is 2.07. The van der Waals surface area contributed by atoms with E-state index < -0.39 is 11.2 Å². The number of hydrogen-bond acceptors (Lipinski definition) is 3. The molecule has 3 rings (SSSR count). The van der Waals surface area contributed by atoms with E-state index in [2.05, 4.69) is 31.9 Å². The van der Waals surface area contributed by atoms with Gasteiger partial charge in [0.25, 0.3) is 0 Å². The van der Waals surface area contributed by atoms with Gasteiger partial charge in [-0.1, -0.05) is 56.6 Å².